The first-order chi connectivity index (χ1) is 7.36. The molecule has 1 aliphatic heterocycles. The number of ether oxygens (including phenoxy) is 1. The van der Waals surface area contributed by atoms with E-state index in [1.54, 1.807) is 30.5 Å². The van der Waals surface area contributed by atoms with Gasteiger partial charge in [0, 0.05) is 6.54 Å². The first kappa shape index (κ1) is 9.52. The van der Waals surface area contributed by atoms with Gasteiger partial charge in [0.15, 0.2) is 0 Å². The Morgan fingerprint density at radius 1 is 1.27 bits per heavy atom. The van der Waals surface area contributed by atoms with Crippen LogP contribution in [0.1, 0.15) is 0 Å². The van der Waals surface area contributed by atoms with E-state index in [1.165, 1.54) is 0 Å². The molecular formula is C12H11NO2. The lowest BCUT2D eigenvalue weighted by molar-refractivity contribution is -0.130. The molecule has 0 aromatic heterocycles. The molecule has 0 atom stereocenters. The molecule has 0 saturated carbocycles. The zero-order valence-corrected chi connectivity index (χ0v) is 8.14. The summed E-state index contributed by atoms with van der Waals surface area (Å²) >= 11 is 0. The molecule has 0 aliphatic carbocycles. The van der Waals surface area contributed by atoms with E-state index in [0.29, 0.717) is 17.9 Å². The Morgan fingerprint density at radius 3 is 2.73 bits per heavy atom. The van der Waals surface area contributed by atoms with Crippen LogP contribution in [0.15, 0.2) is 54.3 Å². The van der Waals surface area contributed by atoms with Crippen LogP contribution in [0, 0.1) is 0 Å². The predicted octanol–water partition coefficient (Wildman–Crippen LogP) is 1.64. The maximum absolute atomic E-state index is 11.6. The smallest absolute Gasteiger partial charge is 0.341 e. The van der Waals surface area contributed by atoms with Crippen molar-refractivity contribution < 1.29 is 9.53 Å². The van der Waals surface area contributed by atoms with Crippen LogP contribution < -0.4 is 10.1 Å². The third-order valence-electron chi connectivity index (χ3n) is 2.02. The highest BCUT2D eigenvalue weighted by Crippen LogP contribution is 2.11. The average Bonchev–Trinajstić information content (AvgIpc) is 2.31. The second-order valence-corrected chi connectivity index (χ2v) is 3.13. The fourth-order valence-electron chi connectivity index (χ4n) is 1.26. The summed E-state index contributed by atoms with van der Waals surface area (Å²) in [4.78, 5) is 11.6. The molecule has 0 radical (unpaired) electrons. The Balaban J connectivity index is 2.04. The molecule has 0 unspecified atom stereocenters. The molecule has 1 N–H and O–H groups in total. The number of para-hydroxylation sites is 1. The first-order valence-corrected chi connectivity index (χ1v) is 4.72. The molecule has 15 heavy (non-hydrogen) atoms. The zero-order valence-electron chi connectivity index (χ0n) is 8.14. The Labute approximate surface area is 88.1 Å². The molecule has 1 heterocycles. The lowest BCUT2D eigenvalue weighted by Gasteiger charge is -2.09. The van der Waals surface area contributed by atoms with Crippen LogP contribution in [0.3, 0.4) is 0 Å². The van der Waals surface area contributed by atoms with Gasteiger partial charge in [0.1, 0.15) is 5.75 Å². The standard InChI is InChI=1S/C12H11NO2/c14-12(10-5-4-8-13-9-10)15-11-6-2-1-3-7-11/h1-8,13H,9H2. The topological polar surface area (TPSA) is 38.3 Å². The van der Waals surface area contributed by atoms with E-state index < -0.39 is 0 Å². The van der Waals surface area contributed by atoms with Gasteiger partial charge in [0.25, 0.3) is 0 Å². The normalized spacial score (nSPS) is 14.0. The highest BCUT2D eigenvalue weighted by atomic mass is 16.5. The largest absolute Gasteiger partial charge is 0.423 e. The number of hydrogen-bond acceptors (Lipinski definition) is 3. The molecular weight excluding hydrogens is 190 g/mol. The molecule has 1 aliphatic rings. The number of carbonyl (C=O) groups is 1. The predicted molar refractivity (Wildman–Crippen MR) is 57.3 cm³/mol. The molecule has 2 rings (SSSR count). The van der Waals surface area contributed by atoms with Crippen molar-refractivity contribution >= 4 is 5.97 Å². The minimum Gasteiger partial charge on any atom is -0.423 e. The van der Waals surface area contributed by atoms with Crippen molar-refractivity contribution in [2.24, 2.45) is 0 Å². The molecule has 0 saturated heterocycles. The van der Waals surface area contributed by atoms with Gasteiger partial charge in [0.05, 0.1) is 5.57 Å². The highest BCUT2D eigenvalue weighted by molar-refractivity contribution is 5.91. The minimum absolute atomic E-state index is 0.307. The molecule has 0 fully saturated rings. The zero-order chi connectivity index (χ0) is 10.5. The van der Waals surface area contributed by atoms with E-state index >= 15 is 0 Å². The van der Waals surface area contributed by atoms with E-state index in [2.05, 4.69) is 5.32 Å². The second kappa shape index (κ2) is 4.46. The van der Waals surface area contributed by atoms with Crippen LogP contribution in [0.25, 0.3) is 0 Å². The second-order valence-electron chi connectivity index (χ2n) is 3.13. The Morgan fingerprint density at radius 2 is 2.07 bits per heavy atom. The number of hydrogen-bond donors (Lipinski definition) is 1. The molecule has 76 valence electrons. The summed E-state index contributed by atoms with van der Waals surface area (Å²) in [6.07, 6.45) is 5.33. The van der Waals surface area contributed by atoms with Crippen molar-refractivity contribution in [3.8, 4) is 5.75 Å². The van der Waals surface area contributed by atoms with Crippen molar-refractivity contribution in [3.05, 3.63) is 54.3 Å². The van der Waals surface area contributed by atoms with E-state index in [0.717, 1.165) is 0 Å². The number of benzene rings is 1. The van der Waals surface area contributed by atoms with Crippen LogP contribution in [0.2, 0.25) is 0 Å². The maximum Gasteiger partial charge on any atom is 0.341 e. The van der Waals surface area contributed by atoms with E-state index in [1.807, 2.05) is 18.2 Å². The Hall–Kier alpha value is -2.03. The van der Waals surface area contributed by atoms with Gasteiger partial charge in [-0.1, -0.05) is 18.2 Å². The quantitative estimate of drug-likeness (QED) is 0.584. The van der Waals surface area contributed by atoms with E-state index in [9.17, 15) is 4.79 Å². The average molecular weight is 201 g/mol. The summed E-state index contributed by atoms with van der Waals surface area (Å²) in [6.45, 7) is 0.516. The molecule has 1 aromatic carbocycles. The number of rotatable bonds is 2. The van der Waals surface area contributed by atoms with Gasteiger partial charge in [-0.15, -0.1) is 0 Å². The van der Waals surface area contributed by atoms with Gasteiger partial charge in [-0.25, -0.2) is 4.79 Å². The Kier molecular flexibility index (Phi) is 2.83. The summed E-state index contributed by atoms with van der Waals surface area (Å²) in [7, 11) is 0. The number of allylic oxidation sites excluding steroid dienone is 2. The van der Waals surface area contributed by atoms with Gasteiger partial charge in [-0.05, 0) is 30.5 Å². The van der Waals surface area contributed by atoms with Gasteiger partial charge in [-0.2, -0.15) is 0 Å². The molecule has 3 heteroatoms. The lowest BCUT2D eigenvalue weighted by atomic mass is 10.2. The van der Waals surface area contributed by atoms with Crippen LogP contribution in [0.4, 0.5) is 0 Å². The fourth-order valence-corrected chi connectivity index (χ4v) is 1.26. The fraction of sp³-hybridized carbons (Fsp3) is 0.0833. The summed E-state index contributed by atoms with van der Waals surface area (Å²) < 4.78 is 5.17. The van der Waals surface area contributed by atoms with Gasteiger partial charge >= 0.3 is 5.97 Å². The van der Waals surface area contributed by atoms with Gasteiger partial charge < -0.3 is 10.1 Å². The minimum atomic E-state index is -0.307. The number of esters is 1. The van der Waals surface area contributed by atoms with Crippen LogP contribution in [-0.2, 0) is 4.79 Å². The molecule has 0 spiro atoms. The number of nitrogens with one attached hydrogen (secondary N) is 1. The van der Waals surface area contributed by atoms with Crippen LogP contribution in [0.5, 0.6) is 5.75 Å². The molecule has 1 aromatic rings. The van der Waals surface area contributed by atoms with Crippen molar-refractivity contribution in [1.82, 2.24) is 5.32 Å². The molecule has 0 bridgehead atoms. The summed E-state index contributed by atoms with van der Waals surface area (Å²) in [6, 6.07) is 9.04. The van der Waals surface area contributed by atoms with Gasteiger partial charge in [-0.3, -0.25) is 0 Å². The first-order valence-electron chi connectivity index (χ1n) is 4.72. The van der Waals surface area contributed by atoms with Crippen LogP contribution in [-0.4, -0.2) is 12.5 Å². The maximum atomic E-state index is 11.6. The molecule has 3 nitrogen and oxygen atoms in total. The van der Waals surface area contributed by atoms with Crippen molar-refractivity contribution in [1.29, 1.82) is 0 Å². The highest BCUT2D eigenvalue weighted by Gasteiger charge is 2.11. The van der Waals surface area contributed by atoms with Crippen molar-refractivity contribution in [2.45, 2.75) is 0 Å². The number of dihydropyridines is 1. The number of carbonyl (C=O) groups excluding carboxylic acids is 1. The summed E-state index contributed by atoms with van der Waals surface area (Å²) in [5.74, 6) is 0.260. The van der Waals surface area contributed by atoms with Gasteiger partial charge in [0.2, 0.25) is 0 Å². The van der Waals surface area contributed by atoms with Crippen molar-refractivity contribution in [3.63, 3.8) is 0 Å². The Bertz CT molecular complexity index is 407. The van der Waals surface area contributed by atoms with Crippen molar-refractivity contribution in [2.75, 3.05) is 6.54 Å². The third kappa shape index (κ3) is 2.47. The lowest BCUT2D eigenvalue weighted by Crippen LogP contribution is -2.22. The summed E-state index contributed by atoms with van der Waals surface area (Å²) in [5.41, 5.74) is 0.626. The van der Waals surface area contributed by atoms with Crippen LogP contribution >= 0.6 is 0 Å². The molecule has 0 amide bonds. The third-order valence-corrected chi connectivity index (χ3v) is 2.02. The summed E-state index contributed by atoms with van der Waals surface area (Å²) in [5, 5.41) is 2.95. The van der Waals surface area contributed by atoms with E-state index in [-0.39, 0.29) is 5.97 Å². The SMILES string of the molecule is O=C(Oc1ccccc1)C1=CC=CNC1. The monoisotopic (exact) mass is 201 g/mol. The van der Waals surface area contributed by atoms with E-state index in [4.69, 9.17) is 4.74 Å².